The van der Waals surface area contributed by atoms with Gasteiger partial charge >= 0.3 is 0 Å². The van der Waals surface area contributed by atoms with Crippen LogP contribution in [0.15, 0.2) is 0 Å². The number of aliphatic hydroxyl groups is 2. The molecule has 1 heterocycles. The number of hydrogen-bond acceptors (Lipinski definition) is 3. The fourth-order valence-electron chi connectivity index (χ4n) is 1.83. The van der Waals surface area contributed by atoms with Gasteiger partial charge in [0, 0.05) is 13.2 Å². The van der Waals surface area contributed by atoms with Crippen molar-refractivity contribution < 1.29 is 14.9 Å². The van der Waals surface area contributed by atoms with Crippen molar-refractivity contribution in [3.05, 3.63) is 0 Å². The van der Waals surface area contributed by atoms with Gasteiger partial charge in [0.1, 0.15) is 0 Å². The molecule has 0 saturated carbocycles. The predicted octanol–water partition coefficient (Wildman–Crippen LogP) is 1.18. The number of ether oxygens (including phenoxy) is 1. The first-order valence-electron chi connectivity index (χ1n) is 5.37. The molecule has 2 N–H and O–H groups in total. The second-order valence-corrected chi connectivity index (χ2v) is 5.25. The van der Waals surface area contributed by atoms with Crippen LogP contribution in [0.2, 0.25) is 0 Å². The van der Waals surface area contributed by atoms with Crippen LogP contribution >= 0.6 is 0 Å². The van der Waals surface area contributed by atoms with E-state index in [-0.39, 0.29) is 11.3 Å². The van der Waals surface area contributed by atoms with E-state index in [0.717, 1.165) is 12.8 Å². The molecule has 3 heteroatoms. The maximum Gasteiger partial charge on any atom is 0.0849 e. The van der Waals surface area contributed by atoms with Crippen molar-refractivity contribution in [2.45, 2.75) is 45.8 Å². The SMILES string of the molecule is CC(C)(C)C(O)C(O)C1CCOCC1. The Morgan fingerprint density at radius 2 is 1.64 bits per heavy atom. The van der Waals surface area contributed by atoms with E-state index < -0.39 is 12.2 Å². The molecule has 1 saturated heterocycles. The summed E-state index contributed by atoms with van der Waals surface area (Å²) in [5.74, 6) is 0.193. The highest BCUT2D eigenvalue weighted by Crippen LogP contribution is 2.29. The molecule has 2 atom stereocenters. The summed E-state index contributed by atoms with van der Waals surface area (Å²) in [6.07, 6.45) is 0.451. The fraction of sp³-hybridized carbons (Fsp3) is 1.00. The third-order valence-electron chi connectivity index (χ3n) is 2.96. The molecular formula is C11H22O3. The molecule has 84 valence electrons. The van der Waals surface area contributed by atoms with Crippen molar-refractivity contribution in [3.8, 4) is 0 Å². The molecule has 0 aromatic rings. The number of aliphatic hydroxyl groups excluding tert-OH is 2. The molecule has 14 heavy (non-hydrogen) atoms. The summed E-state index contributed by atoms with van der Waals surface area (Å²) in [5, 5.41) is 19.9. The predicted molar refractivity (Wildman–Crippen MR) is 55.0 cm³/mol. The van der Waals surface area contributed by atoms with Crippen LogP contribution in [0.5, 0.6) is 0 Å². The molecule has 0 aromatic heterocycles. The summed E-state index contributed by atoms with van der Waals surface area (Å²) < 4.78 is 5.22. The van der Waals surface area contributed by atoms with E-state index in [1.165, 1.54) is 0 Å². The number of hydrogen-bond donors (Lipinski definition) is 2. The Kier molecular flexibility index (Phi) is 3.93. The molecule has 0 aliphatic carbocycles. The standard InChI is InChI=1S/C11H22O3/c1-11(2,3)10(13)9(12)8-4-6-14-7-5-8/h8-10,12-13H,4-7H2,1-3H3. The highest BCUT2D eigenvalue weighted by atomic mass is 16.5. The van der Waals surface area contributed by atoms with Gasteiger partial charge in [0.05, 0.1) is 12.2 Å². The summed E-state index contributed by atoms with van der Waals surface area (Å²) in [4.78, 5) is 0. The zero-order valence-corrected chi connectivity index (χ0v) is 9.36. The van der Waals surface area contributed by atoms with E-state index in [1.807, 2.05) is 20.8 Å². The van der Waals surface area contributed by atoms with Gasteiger partial charge in [-0.15, -0.1) is 0 Å². The van der Waals surface area contributed by atoms with Gasteiger partial charge in [-0.05, 0) is 24.2 Å². The summed E-state index contributed by atoms with van der Waals surface area (Å²) in [7, 11) is 0. The maximum atomic E-state index is 9.97. The average Bonchev–Trinajstić information content (AvgIpc) is 2.15. The third-order valence-corrected chi connectivity index (χ3v) is 2.96. The maximum absolute atomic E-state index is 9.97. The first-order chi connectivity index (χ1) is 6.43. The second kappa shape index (κ2) is 4.60. The van der Waals surface area contributed by atoms with Gasteiger partial charge in [-0.25, -0.2) is 0 Å². The summed E-state index contributed by atoms with van der Waals surface area (Å²) in [6.45, 7) is 7.25. The van der Waals surface area contributed by atoms with Crippen molar-refractivity contribution in [1.82, 2.24) is 0 Å². The Hall–Kier alpha value is -0.120. The molecular weight excluding hydrogens is 180 g/mol. The van der Waals surface area contributed by atoms with E-state index in [1.54, 1.807) is 0 Å². The Bertz CT molecular complexity index is 168. The lowest BCUT2D eigenvalue weighted by Crippen LogP contribution is -2.43. The molecule has 1 aliphatic rings. The molecule has 3 nitrogen and oxygen atoms in total. The summed E-state index contributed by atoms with van der Waals surface area (Å²) in [6, 6.07) is 0. The van der Waals surface area contributed by atoms with Gasteiger partial charge in [0.2, 0.25) is 0 Å². The van der Waals surface area contributed by atoms with Gasteiger partial charge in [-0.2, -0.15) is 0 Å². The van der Waals surface area contributed by atoms with Crippen molar-refractivity contribution in [2.24, 2.45) is 11.3 Å². The molecule has 0 spiro atoms. The normalized spacial score (nSPS) is 24.6. The zero-order valence-electron chi connectivity index (χ0n) is 9.36. The smallest absolute Gasteiger partial charge is 0.0849 e. The van der Waals surface area contributed by atoms with Gasteiger partial charge in [0.25, 0.3) is 0 Å². The number of rotatable bonds is 2. The van der Waals surface area contributed by atoms with Crippen molar-refractivity contribution in [1.29, 1.82) is 0 Å². The topological polar surface area (TPSA) is 49.7 Å². The van der Waals surface area contributed by atoms with Gasteiger partial charge in [0.15, 0.2) is 0 Å². The zero-order chi connectivity index (χ0) is 10.8. The van der Waals surface area contributed by atoms with Crippen LogP contribution in [0.1, 0.15) is 33.6 Å². The molecule has 0 amide bonds. The van der Waals surface area contributed by atoms with Crippen molar-refractivity contribution in [3.63, 3.8) is 0 Å². The Labute approximate surface area is 86.1 Å². The molecule has 1 fully saturated rings. The first kappa shape index (κ1) is 12.0. The monoisotopic (exact) mass is 202 g/mol. The minimum absolute atomic E-state index is 0.193. The van der Waals surface area contributed by atoms with E-state index >= 15 is 0 Å². The van der Waals surface area contributed by atoms with Crippen LogP contribution in [0, 0.1) is 11.3 Å². The van der Waals surface area contributed by atoms with Gasteiger partial charge in [-0.1, -0.05) is 20.8 Å². The highest BCUT2D eigenvalue weighted by Gasteiger charge is 2.34. The lowest BCUT2D eigenvalue weighted by Gasteiger charge is -2.35. The second-order valence-electron chi connectivity index (χ2n) is 5.25. The van der Waals surface area contributed by atoms with Crippen molar-refractivity contribution >= 4 is 0 Å². The minimum atomic E-state index is -0.648. The van der Waals surface area contributed by atoms with Crippen LogP contribution < -0.4 is 0 Å². The average molecular weight is 202 g/mol. The lowest BCUT2D eigenvalue weighted by atomic mass is 9.79. The quantitative estimate of drug-likeness (QED) is 0.707. The highest BCUT2D eigenvalue weighted by molar-refractivity contribution is 4.84. The first-order valence-corrected chi connectivity index (χ1v) is 5.37. The Morgan fingerprint density at radius 1 is 1.14 bits per heavy atom. The van der Waals surface area contributed by atoms with Crippen LogP contribution in [-0.4, -0.2) is 35.6 Å². The van der Waals surface area contributed by atoms with Crippen molar-refractivity contribution in [2.75, 3.05) is 13.2 Å². The van der Waals surface area contributed by atoms with Gasteiger partial charge < -0.3 is 14.9 Å². The fourth-order valence-corrected chi connectivity index (χ4v) is 1.83. The molecule has 0 radical (unpaired) electrons. The molecule has 1 rings (SSSR count). The Balaban J connectivity index is 2.50. The van der Waals surface area contributed by atoms with Crippen LogP contribution in [0.3, 0.4) is 0 Å². The van der Waals surface area contributed by atoms with E-state index in [4.69, 9.17) is 4.74 Å². The van der Waals surface area contributed by atoms with Gasteiger partial charge in [-0.3, -0.25) is 0 Å². The van der Waals surface area contributed by atoms with Crippen LogP contribution in [0.4, 0.5) is 0 Å². The largest absolute Gasteiger partial charge is 0.390 e. The van der Waals surface area contributed by atoms with E-state index in [2.05, 4.69) is 0 Å². The molecule has 0 aromatic carbocycles. The van der Waals surface area contributed by atoms with E-state index in [0.29, 0.717) is 13.2 Å². The Morgan fingerprint density at radius 3 is 2.07 bits per heavy atom. The molecule has 2 unspecified atom stereocenters. The minimum Gasteiger partial charge on any atom is -0.390 e. The summed E-state index contributed by atoms with van der Waals surface area (Å²) >= 11 is 0. The lowest BCUT2D eigenvalue weighted by molar-refractivity contribution is -0.0913. The summed E-state index contributed by atoms with van der Waals surface area (Å²) in [5.41, 5.74) is -0.252. The van der Waals surface area contributed by atoms with Crippen LogP contribution in [-0.2, 0) is 4.74 Å². The van der Waals surface area contributed by atoms with E-state index in [9.17, 15) is 10.2 Å². The van der Waals surface area contributed by atoms with Crippen LogP contribution in [0.25, 0.3) is 0 Å². The molecule has 0 bridgehead atoms. The third kappa shape index (κ3) is 2.94. The molecule has 1 aliphatic heterocycles.